The van der Waals surface area contributed by atoms with Crippen molar-refractivity contribution in [1.82, 2.24) is 0 Å². The Morgan fingerprint density at radius 3 is 2.28 bits per heavy atom. The minimum Gasteiger partial charge on any atom is -0.508 e. The lowest BCUT2D eigenvalue weighted by molar-refractivity contribution is 0.209. The summed E-state index contributed by atoms with van der Waals surface area (Å²) < 4.78 is 5.79. The van der Waals surface area contributed by atoms with Gasteiger partial charge in [0.25, 0.3) is 0 Å². The first-order valence-electron chi connectivity index (χ1n) is 5.97. The Kier molecular flexibility index (Phi) is 4.20. The number of ether oxygens (including phenoxy) is 1. The van der Waals surface area contributed by atoms with Crippen LogP contribution >= 0.6 is 0 Å². The molecule has 3 nitrogen and oxygen atoms in total. The van der Waals surface area contributed by atoms with E-state index < -0.39 is 0 Å². The van der Waals surface area contributed by atoms with E-state index in [0.717, 1.165) is 12.2 Å². The summed E-state index contributed by atoms with van der Waals surface area (Å²) in [5, 5.41) is 9.20. The smallest absolute Gasteiger partial charge is 0.120 e. The number of nitrogens with two attached hydrogens (primary N) is 1. The number of phenolic OH excluding ortho intramolecular Hbond substituents is 1. The number of aromatic hydroxyl groups is 1. The van der Waals surface area contributed by atoms with Crippen molar-refractivity contribution in [2.24, 2.45) is 5.73 Å². The molecule has 0 saturated heterocycles. The molecule has 18 heavy (non-hydrogen) atoms. The second-order valence-corrected chi connectivity index (χ2v) is 4.16. The largest absolute Gasteiger partial charge is 0.508 e. The van der Waals surface area contributed by atoms with Crippen LogP contribution < -0.4 is 10.5 Å². The van der Waals surface area contributed by atoms with E-state index in [-0.39, 0.29) is 11.9 Å². The highest BCUT2D eigenvalue weighted by atomic mass is 16.5. The van der Waals surface area contributed by atoms with Gasteiger partial charge in [0.2, 0.25) is 0 Å². The Labute approximate surface area is 107 Å². The van der Waals surface area contributed by atoms with Crippen molar-refractivity contribution in [3.8, 4) is 11.5 Å². The van der Waals surface area contributed by atoms with Crippen LogP contribution in [0.3, 0.4) is 0 Å². The summed E-state index contributed by atoms with van der Waals surface area (Å²) in [5.41, 5.74) is 6.92. The summed E-state index contributed by atoms with van der Waals surface area (Å²) in [6.45, 7) is 0.454. The van der Waals surface area contributed by atoms with Crippen molar-refractivity contribution in [3.63, 3.8) is 0 Å². The molecule has 0 aliphatic rings. The first-order valence-corrected chi connectivity index (χ1v) is 5.97. The second kappa shape index (κ2) is 6.07. The molecule has 1 unspecified atom stereocenters. The zero-order chi connectivity index (χ0) is 12.8. The maximum atomic E-state index is 9.20. The quantitative estimate of drug-likeness (QED) is 0.847. The number of hydrogen-bond donors (Lipinski definition) is 2. The highest BCUT2D eigenvalue weighted by Gasteiger charge is 2.09. The van der Waals surface area contributed by atoms with Crippen LogP contribution in [0.5, 0.6) is 11.5 Å². The predicted molar refractivity (Wildman–Crippen MR) is 71.7 cm³/mol. The van der Waals surface area contributed by atoms with Crippen molar-refractivity contribution >= 4 is 0 Å². The van der Waals surface area contributed by atoms with Crippen molar-refractivity contribution in [2.45, 2.75) is 12.5 Å². The molecule has 0 aliphatic carbocycles. The van der Waals surface area contributed by atoms with Gasteiger partial charge in [0, 0.05) is 13.0 Å². The van der Waals surface area contributed by atoms with E-state index in [4.69, 9.17) is 10.5 Å². The number of hydrogen-bond acceptors (Lipinski definition) is 3. The van der Waals surface area contributed by atoms with Gasteiger partial charge in [-0.05, 0) is 29.8 Å². The SMILES string of the molecule is NCC(Cc1ccccc1)Oc1ccc(O)cc1. The van der Waals surface area contributed by atoms with Gasteiger partial charge in [-0.1, -0.05) is 30.3 Å². The van der Waals surface area contributed by atoms with Gasteiger partial charge in [-0.15, -0.1) is 0 Å². The summed E-state index contributed by atoms with van der Waals surface area (Å²) in [5.74, 6) is 0.953. The molecule has 2 rings (SSSR count). The third kappa shape index (κ3) is 3.50. The summed E-state index contributed by atoms with van der Waals surface area (Å²) >= 11 is 0. The summed E-state index contributed by atoms with van der Waals surface area (Å²) in [6.07, 6.45) is 0.718. The fourth-order valence-corrected chi connectivity index (χ4v) is 1.77. The third-order valence-corrected chi connectivity index (χ3v) is 2.71. The fraction of sp³-hybridized carbons (Fsp3) is 0.200. The van der Waals surface area contributed by atoms with Gasteiger partial charge >= 0.3 is 0 Å². The molecule has 0 heterocycles. The van der Waals surface area contributed by atoms with Gasteiger partial charge in [-0.25, -0.2) is 0 Å². The van der Waals surface area contributed by atoms with E-state index in [9.17, 15) is 5.11 Å². The Morgan fingerprint density at radius 2 is 1.67 bits per heavy atom. The first kappa shape index (κ1) is 12.5. The molecule has 0 saturated carbocycles. The average molecular weight is 243 g/mol. The Bertz CT molecular complexity index is 468. The maximum absolute atomic E-state index is 9.20. The fourth-order valence-electron chi connectivity index (χ4n) is 1.77. The normalized spacial score (nSPS) is 12.1. The molecular weight excluding hydrogens is 226 g/mol. The molecule has 2 aromatic rings. The molecule has 0 amide bonds. The van der Waals surface area contributed by atoms with Gasteiger partial charge in [0.15, 0.2) is 0 Å². The van der Waals surface area contributed by atoms with Gasteiger partial charge in [-0.3, -0.25) is 0 Å². The molecule has 3 N–H and O–H groups in total. The molecule has 0 radical (unpaired) electrons. The molecule has 94 valence electrons. The number of phenols is 1. The lowest BCUT2D eigenvalue weighted by atomic mass is 10.1. The minimum atomic E-state index is -0.0584. The Morgan fingerprint density at radius 1 is 1.00 bits per heavy atom. The molecule has 0 bridgehead atoms. The Balaban J connectivity index is 1.99. The standard InChI is InChI=1S/C15H17NO2/c16-11-15(10-12-4-2-1-3-5-12)18-14-8-6-13(17)7-9-14/h1-9,15,17H,10-11,16H2. The minimum absolute atomic E-state index is 0.0584. The lowest BCUT2D eigenvalue weighted by Gasteiger charge is -2.17. The van der Waals surface area contributed by atoms with Gasteiger partial charge < -0.3 is 15.6 Å². The van der Waals surface area contributed by atoms with E-state index in [0.29, 0.717) is 6.54 Å². The molecule has 3 heteroatoms. The summed E-state index contributed by atoms with van der Waals surface area (Å²) in [7, 11) is 0. The van der Waals surface area contributed by atoms with E-state index in [2.05, 4.69) is 12.1 Å². The molecule has 0 fully saturated rings. The first-order chi connectivity index (χ1) is 8.78. The van der Waals surface area contributed by atoms with Gasteiger partial charge in [0.1, 0.15) is 17.6 Å². The van der Waals surface area contributed by atoms with E-state index >= 15 is 0 Å². The highest BCUT2D eigenvalue weighted by Crippen LogP contribution is 2.18. The zero-order valence-electron chi connectivity index (χ0n) is 10.1. The number of benzene rings is 2. The summed E-state index contributed by atoms with van der Waals surface area (Å²) in [6, 6.07) is 16.8. The molecular formula is C15H17NO2. The van der Waals surface area contributed by atoms with Crippen LogP contribution in [0, 0.1) is 0 Å². The molecule has 0 aromatic heterocycles. The molecule has 0 aliphatic heterocycles. The maximum Gasteiger partial charge on any atom is 0.120 e. The van der Waals surface area contributed by atoms with E-state index in [1.165, 1.54) is 5.56 Å². The molecule has 0 spiro atoms. The summed E-state index contributed by atoms with van der Waals surface area (Å²) in [4.78, 5) is 0. The van der Waals surface area contributed by atoms with Crippen LogP contribution in [0.15, 0.2) is 54.6 Å². The van der Waals surface area contributed by atoms with Crippen molar-refractivity contribution in [2.75, 3.05) is 6.54 Å². The third-order valence-electron chi connectivity index (χ3n) is 2.71. The van der Waals surface area contributed by atoms with Crippen LogP contribution in [0.4, 0.5) is 0 Å². The van der Waals surface area contributed by atoms with Crippen LogP contribution in [0.25, 0.3) is 0 Å². The topological polar surface area (TPSA) is 55.5 Å². The van der Waals surface area contributed by atoms with Crippen molar-refractivity contribution in [1.29, 1.82) is 0 Å². The lowest BCUT2D eigenvalue weighted by Crippen LogP contribution is -2.28. The van der Waals surface area contributed by atoms with Crippen LogP contribution in [-0.4, -0.2) is 17.8 Å². The van der Waals surface area contributed by atoms with E-state index in [1.807, 2.05) is 18.2 Å². The molecule has 2 aromatic carbocycles. The van der Waals surface area contributed by atoms with Crippen LogP contribution in [0.2, 0.25) is 0 Å². The average Bonchev–Trinajstić information content (AvgIpc) is 2.41. The monoisotopic (exact) mass is 243 g/mol. The van der Waals surface area contributed by atoms with Gasteiger partial charge in [-0.2, -0.15) is 0 Å². The van der Waals surface area contributed by atoms with Crippen LogP contribution in [-0.2, 0) is 6.42 Å². The van der Waals surface area contributed by atoms with E-state index in [1.54, 1.807) is 24.3 Å². The van der Waals surface area contributed by atoms with Gasteiger partial charge in [0.05, 0.1) is 0 Å². The Hall–Kier alpha value is -2.00. The van der Waals surface area contributed by atoms with Crippen LogP contribution in [0.1, 0.15) is 5.56 Å². The second-order valence-electron chi connectivity index (χ2n) is 4.16. The zero-order valence-corrected chi connectivity index (χ0v) is 10.1. The van der Waals surface area contributed by atoms with Crippen molar-refractivity contribution in [3.05, 3.63) is 60.2 Å². The molecule has 1 atom stereocenters. The van der Waals surface area contributed by atoms with Crippen molar-refractivity contribution < 1.29 is 9.84 Å². The highest BCUT2D eigenvalue weighted by molar-refractivity contribution is 5.30. The number of rotatable bonds is 5. The predicted octanol–water partition coefficient (Wildman–Crippen LogP) is 2.34.